The number of hydrazone groups is 1. The van der Waals surface area contributed by atoms with Gasteiger partial charge in [-0.05, 0) is 68.7 Å². The third-order valence-corrected chi connectivity index (χ3v) is 6.48. The van der Waals surface area contributed by atoms with Crippen molar-refractivity contribution in [2.75, 3.05) is 18.0 Å². The molecule has 2 heterocycles. The van der Waals surface area contributed by atoms with Crippen LogP contribution in [0.4, 0.5) is 5.69 Å². The first kappa shape index (κ1) is 25.0. The second kappa shape index (κ2) is 9.85. The number of amides is 1. The zero-order chi connectivity index (χ0) is 26.1. The van der Waals surface area contributed by atoms with Gasteiger partial charge in [0.05, 0.1) is 17.4 Å². The topological polar surface area (TPSA) is 111 Å². The maximum atomic E-state index is 12.9. The average Bonchev–Trinajstić information content (AvgIpc) is 3.25. The molecule has 0 radical (unpaired) electrons. The Balaban J connectivity index is 1.77. The van der Waals surface area contributed by atoms with Gasteiger partial charge in [0.1, 0.15) is 5.56 Å². The fourth-order valence-electron chi connectivity index (χ4n) is 4.81. The number of nitrogens with one attached hydrogen (secondary N) is 1. The fourth-order valence-corrected chi connectivity index (χ4v) is 4.81. The lowest BCUT2D eigenvalue weighted by atomic mass is 9.98. The summed E-state index contributed by atoms with van der Waals surface area (Å²) in [5, 5.41) is 16.9. The maximum Gasteiger partial charge on any atom is 0.335 e. The molecule has 188 valence electrons. The predicted octanol–water partition coefficient (Wildman–Crippen LogP) is 3.39. The molecule has 36 heavy (non-hydrogen) atoms. The van der Waals surface area contributed by atoms with Gasteiger partial charge in [0.15, 0.2) is 0 Å². The van der Waals surface area contributed by atoms with Crippen LogP contribution in [-0.4, -0.2) is 44.4 Å². The minimum Gasteiger partial charge on any atom is -0.493 e. The van der Waals surface area contributed by atoms with Crippen LogP contribution in [0.5, 0.6) is 5.88 Å². The number of rotatable bonds is 6. The molecule has 9 heteroatoms. The molecular formula is C27H31N5O4. The van der Waals surface area contributed by atoms with Gasteiger partial charge in [-0.3, -0.25) is 14.6 Å². The van der Waals surface area contributed by atoms with E-state index >= 15 is 0 Å². The summed E-state index contributed by atoms with van der Waals surface area (Å²) in [5.41, 5.74) is 2.77. The highest BCUT2D eigenvalue weighted by Crippen LogP contribution is 2.34. The smallest absolute Gasteiger partial charge is 0.335 e. The Bertz CT molecular complexity index is 1430. The molecule has 0 aliphatic carbocycles. The van der Waals surface area contributed by atoms with Crippen molar-refractivity contribution >= 4 is 17.3 Å². The molecule has 1 aliphatic rings. The van der Waals surface area contributed by atoms with Gasteiger partial charge in [0, 0.05) is 32.1 Å². The van der Waals surface area contributed by atoms with Crippen LogP contribution in [0, 0.1) is 13.8 Å². The molecule has 1 aromatic heterocycles. The van der Waals surface area contributed by atoms with E-state index < -0.39 is 23.2 Å². The van der Waals surface area contributed by atoms with Crippen LogP contribution in [0.1, 0.15) is 55.5 Å². The molecule has 0 bridgehead atoms. The van der Waals surface area contributed by atoms with Crippen molar-refractivity contribution in [3.63, 3.8) is 0 Å². The van der Waals surface area contributed by atoms with Gasteiger partial charge >= 0.3 is 5.69 Å². The van der Waals surface area contributed by atoms with Crippen LogP contribution < -0.4 is 16.1 Å². The number of benzene rings is 2. The summed E-state index contributed by atoms with van der Waals surface area (Å²) in [5.74, 6) is -0.796. The summed E-state index contributed by atoms with van der Waals surface area (Å²) in [6, 6.07) is 12.9. The molecule has 2 N–H and O–H groups in total. The number of hydrogen-bond acceptors (Lipinski definition) is 6. The number of aromatic hydroxyl groups is 1. The third-order valence-electron chi connectivity index (χ3n) is 6.48. The maximum absolute atomic E-state index is 12.9. The van der Waals surface area contributed by atoms with E-state index in [2.05, 4.69) is 28.8 Å². The number of H-pyrrole nitrogens is 1. The van der Waals surface area contributed by atoms with Gasteiger partial charge in [-0.1, -0.05) is 18.2 Å². The standard InChI is InChI=1S/C27H31N5O4/c1-6-30(7-2)20-10-8-19(9-11-20)23-15-22(29-32(23)18(5)33)24-25(34)28-27(36)31(26(24)35)21-13-16(3)12-17(4)14-21/h8-14,23,35H,6-7,15H2,1-5H3,(H,28,34,36)/t23-/m0/s1. The molecule has 1 aliphatic heterocycles. The van der Waals surface area contributed by atoms with Gasteiger partial charge in [-0.2, -0.15) is 5.10 Å². The summed E-state index contributed by atoms with van der Waals surface area (Å²) in [6.07, 6.45) is 0.214. The predicted molar refractivity (Wildman–Crippen MR) is 140 cm³/mol. The van der Waals surface area contributed by atoms with Crippen LogP contribution in [0.2, 0.25) is 0 Å². The second-order valence-corrected chi connectivity index (χ2v) is 9.03. The first-order valence-electron chi connectivity index (χ1n) is 12.0. The van der Waals surface area contributed by atoms with Crippen LogP contribution in [-0.2, 0) is 4.79 Å². The van der Waals surface area contributed by atoms with Gasteiger partial charge in [0.2, 0.25) is 11.8 Å². The van der Waals surface area contributed by atoms with E-state index in [1.54, 1.807) is 12.1 Å². The van der Waals surface area contributed by atoms with Gasteiger partial charge in [-0.25, -0.2) is 14.4 Å². The molecule has 0 spiro atoms. The van der Waals surface area contributed by atoms with E-state index in [0.29, 0.717) is 5.69 Å². The van der Waals surface area contributed by atoms with Crippen molar-refractivity contribution in [1.82, 2.24) is 14.6 Å². The molecule has 1 amide bonds. The number of anilines is 1. The summed E-state index contributed by atoms with van der Waals surface area (Å²) in [4.78, 5) is 42.5. The number of aromatic nitrogens is 2. The highest BCUT2D eigenvalue weighted by Gasteiger charge is 2.34. The number of aryl methyl sites for hydroxylation is 2. The lowest BCUT2D eigenvalue weighted by molar-refractivity contribution is -0.130. The van der Waals surface area contributed by atoms with E-state index in [9.17, 15) is 19.5 Å². The van der Waals surface area contributed by atoms with Crippen LogP contribution in [0.25, 0.3) is 5.69 Å². The van der Waals surface area contributed by atoms with Crippen molar-refractivity contribution in [2.24, 2.45) is 5.10 Å². The van der Waals surface area contributed by atoms with Crippen LogP contribution >= 0.6 is 0 Å². The second-order valence-electron chi connectivity index (χ2n) is 9.03. The Kier molecular flexibility index (Phi) is 6.83. The molecule has 9 nitrogen and oxygen atoms in total. The molecule has 2 aromatic carbocycles. The number of aromatic amines is 1. The van der Waals surface area contributed by atoms with Crippen molar-refractivity contribution in [3.05, 3.63) is 85.6 Å². The number of carbonyl (C=O) groups is 1. The van der Waals surface area contributed by atoms with E-state index in [1.165, 1.54) is 11.9 Å². The molecule has 0 unspecified atom stereocenters. The number of nitrogens with zero attached hydrogens (tertiary/aromatic N) is 4. The monoisotopic (exact) mass is 489 g/mol. The zero-order valence-electron chi connectivity index (χ0n) is 21.2. The van der Waals surface area contributed by atoms with Crippen molar-refractivity contribution in [3.8, 4) is 11.6 Å². The number of hydrogen-bond donors (Lipinski definition) is 2. The first-order valence-corrected chi connectivity index (χ1v) is 12.0. The molecule has 4 rings (SSSR count). The van der Waals surface area contributed by atoms with Gasteiger partial charge in [-0.15, -0.1) is 0 Å². The van der Waals surface area contributed by atoms with Crippen LogP contribution in [0.15, 0.2) is 57.2 Å². The van der Waals surface area contributed by atoms with E-state index in [4.69, 9.17) is 0 Å². The Morgan fingerprint density at radius 1 is 1.08 bits per heavy atom. The lowest BCUT2D eigenvalue weighted by Gasteiger charge is -2.23. The molecule has 0 saturated heterocycles. The van der Waals surface area contributed by atoms with Crippen molar-refractivity contribution < 1.29 is 9.90 Å². The van der Waals surface area contributed by atoms with Gasteiger partial charge in [0.25, 0.3) is 5.56 Å². The number of carbonyl (C=O) groups excluding carboxylic acids is 1. The molecular weight excluding hydrogens is 458 g/mol. The fraction of sp³-hybridized carbons (Fsp3) is 0.333. The Hall–Kier alpha value is -4.14. The minimum absolute atomic E-state index is 0.123. The summed E-state index contributed by atoms with van der Waals surface area (Å²) < 4.78 is 1.06. The Labute approximate surface area is 209 Å². The van der Waals surface area contributed by atoms with Crippen LogP contribution in [0.3, 0.4) is 0 Å². The first-order chi connectivity index (χ1) is 17.1. The zero-order valence-corrected chi connectivity index (χ0v) is 21.2. The molecule has 0 saturated carbocycles. The average molecular weight is 490 g/mol. The van der Waals surface area contributed by atoms with Crippen molar-refractivity contribution in [1.29, 1.82) is 0 Å². The quantitative estimate of drug-likeness (QED) is 0.551. The highest BCUT2D eigenvalue weighted by molar-refractivity contribution is 6.04. The SMILES string of the molecule is CCN(CC)c1ccc([C@@H]2CC(c3c(O)n(-c4cc(C)cc(C)c4)c(=O)[nH]c3=O)=NN2C(C)=O)cc1. The van der Waals surface area contributed by atoms with E-state index in [0.717, 1.165) is 40.0 Å². The third kappa shape index (κ3) is 4.56. The molecule has 1 atom stereocenters. The van der Waals surface area contributed by atoms with Crippen molar-refractivity contribution in [2.45, 2.75) is 47.1 Å². The minimum atomic E-state index is -0.753. The van der Waals surface area contributed by atoms with Gasteiger partial charge < -0.3 is 10.0 Å². The highest BCUT2D eigenvalue weighted by atomic mass is 16.3. The van der Waals surface area contributed by atoms with E-state index in [-0.39, 0.29) is 23.6 Å². The normalized spacial score (nSPS) is 15.2. The largest absolute Gasteiger partial charge is 0.493 e. The van der Waals surface area contributed by atoms with E-state index in [1.807, 2.05) is 44.2 Å². The molecule has 3 aromatic rings. The Morgan fingerprint density at radius 3 is 2.25 bits per heavy atom. The molecule has 0 fully saturated rings. The summed E-state index contributed by atoms with van der Waals surface area (Å²) >= 11 is 0. The summed E-state index contributed by atoms with van der Waals surface area (Å²) in [7, 11) is 0. The Morgan fingerprint density at radius 2 is 1.69 bits per heavy atom. The lowest BCUT2D eigenvalue weighted by Crippen LogP contribution is -2.33. The summed E-state index contributed by atoms with van der Waals surface area (Å²) in [6.45, 7) is 11.1.